The van der Waals surface area contributed by atoms with Crippen molar-refractivity contribution in [3.63, 3.8) is 0 Å². The van der Waals surface area contributed by atoms with Crippen LogP contribution in [-0.2, 0) is 9.59 Å². The molecule has 0 atom stereocenters. The summed E-state index contributed by atoms with van der Waals surface area (Å²) >= 11 is 0. The van der Waals surface area contributed by atoms with E-state index in [9.17, 15) is 14.4 Å². The highest BCUT2D eigenvalue weighted by Gasteiger charge is 2.59. The van der Waals surface area contributed by atoms with Gasteiger partial charge in [0, 0.05) is 39.3 Å². The summed E-state index contributed by atoms with van der Waals surface area (Å²) in [5.41, 5.74) is -0.848. The molecule has 1 saturated heterocycles. The van der Waals surface area contributed by atoms with Crippen LogP contribution in [-0.4, -0.2) is 71.7 Å². The Morgan fingerprint density at radius 2 is 1.68 bits per heavy atom. The number of furan rings is 1. The minimum atomic E-state index is -0.848. The number of rotatable bonds is 5. The summed E-state index contributed by atoms with van der Waals surface area (Å²) in [4.78, 5) is 43.1. The van der Waals surface area contributed by atoms with Gasteiger partial charge in [-0.25, -0.2) is 0 Å². The molecule has 1 aromatic rings. The second kappa shape index (κ2) is 6.90. The van der Waals surface area contributed by atoms with Crippen LogP contribution in [0.1, 0.15) is 37.2 Å². The van der Waals surface area contributed by atoms with Gasteiger partial charge in [-0.15, -0.1) is 0 Å². The standard InChI is InChI=1S/C18H25N3O4/c1-3-19(4-2)16(23)18(7-8-18)17(24)21-11-9-20(10-12-21)15(22)14-6-5-13-25-14/h5-6,13H,3-4,7-12H2,1-2H3. The van der Waals surface area contributed by atoms with E-state index in [2.05, 4.69) is 0 Å². The summed E-state index contributed by atoms with van der Waals surface area (Å²) < 4.78 is 5.15. The van der Waals surface area contributed by atoms with E-state index in [-0.39, 0.29) is 17.7 Å². The van der Waals surface area contributed by atoms with Gasteiger partial charge in [0.05, 0.1) is 6.26 Å². The van der Waals surface area contributed by atoms with Crippen molar-refractivity contribution in [2.24, 2.45) is 5.41 Å². The van der Waals surface area contributed by atoms with Gasteiger partial charge < -0.3 is 19.1 Å². The Bertz CT molecular complexity index is 639. The van der Waals surface area contributed by atoms with E-state index in [0.29, 0.717) is 57.9 Å². The predicted molar refractivity (Wildman–Crippen MR) is 90.8 cm³/mol. The van der Waals surface area contributed by atoms with Crippen LogP contribution in [0, 0.1) is 5.41 Å². The molecule has 7 heteroatoms. The summed E-state index contributed by atoms with van der Waals surface area (Å²) in [5, 5.41) is 0. The lowest BCUT2D eigenvalue weighted by molar-refractivity contribution is -0.150. The van der Waals surface area contributed by atoms with Crippen LogP contribution in [0.2, 0.25) is 0 Å². The van der Waals surface area contributed by atoms with Gasteiger partial charge in [0.25, 0.3) is 5.91 Å². The number of hydrogen-bond acceptors (Lipinski definition) is 4. The second-order valence-corrected chi connectivity index (χ2v) is 6.62. The Balaban J connectivity index is 1.60. The second-order valence-electron chi connectivity index (χ2n) is 6.62. The van der Waals surface area contributed by atoms with Gasteiger partial charge in [0.2, 0.25) is 11.8 Å². The Hall–Kier alpha value is -2.31. The third-order valence-electron chi connectivity index (χ3n) is 5.21. The monoisotopic (exact) mass is 347 g/mol. The van der Waals surface area contributed by atoms with E-state index in [1.807, 2.05) is 13.8 Å². The molecule has 25 heavy (non-hydrogen) atoms. The van der Waals surface area contributed by atoms with E-state index in [0.717, 1.165) is 0 Å². The zero-order valence-electron chi connectivity index (χ0n) is 14.9. The molecule has 0 N–H and O–H groups in total. The molecule has 2 aliphatic rings. The first-order chi connectivity index (χ1) is 12.0. The summed E-state index contributed by atoms with van der Waals surface area (Å²) in [6.45, 7) is 6.94. The maximum Gasteiger partial charge on any atom is 0.289 e. The van der Waals surface area contributed by atoms with E-state index in [1.54, 1.807) is 26.8 Å². The highest BCUT2D eigenvalue weighted by molar-refractivity contribution is 6.08. The zero-order valence-corrected chi connectivity index (χ0v) is 14.9. The van der Waals surface area contributed by atoms with Gasteiger partial charge in [-0.05, 0) is 38.8 Å². The highest BCUT2D eigenvalue weighted by Crippen LogP contribution is 2.49. The summed E-state index contributed by atoms with van der Waals surface area (Å²) in [6.07, 6.45) is 2.74. The molecular formula is C18H25N3O4. The van der Waals surface area contributed by atoms with E-state index in [1.165, 1.54) is 6.26 Å². The van der Waals surface area contributed by atoms with Crippen LogP contribution in [0.5, 0.6) is 0 Å². The average molecular weight is 347 g/mol. The van der Waals surface area contributed by atoms with Gasteiger partial charge in [-0.2, -0.15) is 0 Å². The molecule has 1 aromatic heterocycles. The number of nitrogens with zero attached hydrogens (tertiary/aromatic N) is 3. The molecule has 0 aromatic carbocycles. The van der Waals surface area contributed by atoms with Gasteiger partial charge >= 0.3 is 0 Å². The summed E-state index contributed by atoms with van der Waals surface area (Å²) in [7, 11) is 0. The zero-order chi connectivity index (χ0) is 18.0. The smallest absolute Gasteiger partial charge is 0.289 e. The maximum atomic E-state index is 12.9. The van der Waals surface area contributed by atoms with Crippen molar-refractivity contribution >= 4 is 17.7 Å². The fourth-order valence-electron chi connectivity index (χ4n) is 3.43. The van der Waals surface area contributed by atoms with Gasteiger partial charge in [0.15, 0.2) is 5.76 Å². The van der Waals surface area contributed by atoms with Crippen molar-refractivity contribution in [2.45, 2.75) is 26.7 Å². The third kappa shape index (κ3) is 3.15. The number of carbonyl (C=O) groups is 3. The molecule has 3 amide bonds. The molecule has 0 radical (unpaired) electrons. The van der Waals surface area contributed by atoms with Crippen LogP contribution in [0.3, 0.4) is 0 Å². The molecule has 7 nitrogen and oxygen atoms in total. The van der Waals surface area contributed by atoms with Crippen LogP contribution < -0.4 is 0 Å². The Labute approximate surface area is 147 Å². The lowest BCUT2D eigenvalue weighted by Gasteiger charge is -2.36. The predicted octanol–water partition coefficient (Wildman–Crippen LogP) is 1.21. The first-order valence-electron chi connectivity index (χ1n) is 8.95. The van der Waals surface area contributed by atoms with Crippen molar-refractivity contribution < 1.29 is 18.8 Å². The first kappa shape index (κ1) is 17.5. The number of carbonyl (C=O) groups excluding carboxylic acids is 3. The fraction of sp³-hybridized carbons (Fsp3) is 0.611. The van der Waals surface area contributed by atoms with Crippen molar-refractivity contribution in [1.29, 1.82) is 0 Å². The largest absolute Gasteiger partial charge is 0.459 e. The molecule has 136 valence electrons. The van der Waals surface area contributed by atoms with Crippen molar-refractivity contribution in [1.82, 2.24) is 14.7 Å². The Morgan fingerprint density at radius 1 is 1.08 bits per heavy atom. The molecular weight excluding hydrogens is 322 g/mol. The lowest BCUT2D eigenvalue weighted by Crippen LogP contribution is -2.54. The quantitative estimate of drug-likeness (QED) is 0.751. The van der Waals surface area contributed by atoms with Gasteiger partial charge in [0.1, 0.15) is 5.41 Å². The first-order valence-corrected chi connectivity index (χ1v) is 8.95. The molecule has 1 aliphatic carbocycles. The van der Waals surface area contributed by atoms with Crippen molar-refractivity contribution in [3.05, 3.63) is 24.2 Å². The Kier molecular flexibility index (Phi) is 4.83. The highest BCUT2D eigenvalue weighted by atomic mass is 16.3. The van der Waals surface area contributed by atoms with E-state index >= 15 is 0 Å². The SMILES string of the molecule is CCN(CC)C(=O)C1(C(=O)N2CCN(C(=O)c3ccco3)CC2)CC1. The van der Waals surface area contributed by atoms with Crippen LogP contribution >= 0.6 is 0 Å². The normalized spacial score (nSPS) is 18.8. The average Bonchev–Trinajstić information content (AvgIpc) is 3.28. The van der Waals surface area contributed by atoms with Crippen molar-refractivity contribution in [2.75, 3.05) is 39.3 Å². The minimum Gasteiger partial charge on any atom is -0.459 e. The van der Waals surface area contributed by atoms with Crippen LogP contribution in [0.25, 0.3) is 0 Å². The Morgan fingerprint density at radius 3 is 2.16 bits per heavy atom. The van der Waals surface area contributed by atoms with E-state index < -0.39 is 5.41 Å². The topological polar surface area (TPSA) is 74.1 Å². The summed E-state index contributed by atoms with van der Waals surface area (Å²) in [5.74, 6) is 0.0405. The molecule has 1 aliphatic heterocycles. The number of hydrogen-bond donors (Lipinski definition) is 0. The fourth-order valence-corrected chi connectivity index (χ4v) is 3.43. The molecule has 1 saturated carbocycles. The van der Waals surface area contributed by atoms with Gasteiger partial charge in [-0.3, -0.25) is 14.4 Å². The maximum absolute atomic E-state index is 12.9. The van der Waals surface area contributed by atoms with Crippen molar-refractivity contribution in [3.8, 4) is 0 Å². The van der Waals surface area contributed by atoms with Crippen LogP contribution in [0.15, 0.2) is 22.8 Å². The third-order valence-corrected chi connectivity index (χ3v) is 5.21. The molecule has 0 bridgehead atoms. The lowest BCUT2D eigenvalue weighted by atomic mass is 10.0. The number of piperazine rings is 1. The molecule has 0 unspecified atom stereocenters. The summed E-state index contributed by atoms with van der Waals surface area (Å²) in [6, 6.07) is 3.32. The number of amides is 3. The molecule has 3 rings (SSSR count). The molecule has 0 spiro atoms. The molecule has 2 heterocycles. The van der Waals surface area contributed by atoms with E-state index in [4.69, 9.17) is 4.42 Å². The van der Waals surface area contributed by atoms with Gasteiger partial charge in [-0.1, -0.05) is 0 Å². The van der Waals surface area contributed by atoms with Crippen LogP contribution in [0.4, 0.5) is 0 Å². The molecule has 2 fully saturated rings. The minimum absolute atomic E-state index is 0.0448.